The molecule has 0 radical (unpaired) electrons. The van der Waals surface area contributed by atoms with Crippen molar-refractivity contribution >= 4 is 17.4 Å². The highest BCUT2D eigenvalue weighted by atomic mass is 35.5. The van der Waals surface area contributed by atoms with Crippen LogP contribution in [0.15, 0.2) is 36.4 Å². The Morgan fingerprint density at radius 2 is 2.06 bits per heavy atom. The predicted molar refractivity (Wildman–Crippen MR) is 70.4 cm³/mol. The summed E-state index contributed by atoms with van der Waals surface area (Å²) in [5, 5.41) is 0.478. The summed E-state index contributed by atoms with van der Waals surface area (Å²) >= 11 is 5.92. The van der Waals surface area contributed by atoms with E-state index in [2.05, 4.69) is 4.98 Å². The second-order valence-electron chi connectivity index (χ2n) is 3.84. The van der Waals surface area contributed by atoms with Crippen LogP contribution in [-0.4, -0.2) is 17.9 Å². The third kappa shape index (κ3) is 2.51. The van der Waals surface area contributed by atoms with Gasteiger partial charge in [0.15, 0.2) is 0 Å². The topological polar surface area (TPSA) is 39.2 Å². The van der Waals surface area contributed by atoms with Crippen LogP contribution in [0.1, 0.15) is 21.7 Å². The number of pyridine rings is 1. The average Bonchev–Trinajstić information content (AvgIpc) is 2.38. The lowest BCUT2D eigenvalue weighted by atomic mass is 10.1. The third-order valence-electron chi connectivity index (χ3n) is 2.53. The number of aryl methyl sites for hydroxylation is 1. The van der Waals surface area contributed by atoms with E-state index in [1.807, 2.05) is 19.1 Å². The van der Waals surface area contributed by atoms with E-state index in [1.54, 1.807) is 24.3 Å². The molecule has 92 valence electrons. The molecule has 4 heteroatoms. The fraction of sp³-hybridized carbons (Fsp3) is 0.143. The van der Waals surface area contributed by atoms with Crippen LogP contribution in [-0.2, 0) is 0 Å². The smallest absolute Gasteiger partial charge is 0.211 e. The number of benzene rings is 1. The molecule has 0 aliphatic rings. The van der Waals surface area contributed by atoms with Crippen molar-refractivity contribution in [3.63, 3.8) is 0 Å². The first kappa shape index (κ1) is 12.6. The third-order valence-corrected chi connectivity index (χ3v) is 2.85. The number of carbonyl (C=O) groups is 1. The van der Waals surface area contributed by atoms with Crippen molar-refractivity contribution in [2.75, 3.05) is 7.11 Å². The fourth-order valence-electron chi connectivity index (χ4n) is 1.62. The number of ether oxygens (including phenoxy) is 1. The highest BCUT2D eigenvalue weighted by Crippen LogP contribution is 2.25. The summed E-state index contributed by atoms with van der Waals surface area (Å²) in [5.41, 5.74) is 1.73. The molecular weight excluding hydrogens is 250 g/mol. The first-order valence-electron chi connectivity index (χ1n) is 5.43. The number of halogens is 1. The molecule has 1 heterocycles. The van der Waals surface area contributed by atoms with Gasteiger partial charge in [0, 0.05) is 11.3 Å². The molecule has 0 N–H and O–H groups in total. The van der Waals surface area contributed by atoms with E-state index in [4.69, 9.17) is 16.3 Å². The van der Waals surface area contributed by atoms with Gasteiger partial charge < -0.3 is 4.74 Å². The standard InChI is InChI=1S/C14H12ClNO2/c1-9-4-3-5-12(16-9)14(17)10-6-7-11(15)13(8-10)18-2/h3-8H,1-2H3. The maximum atomic E-state index is 12.2. The molecule has 0 aliphatic carbocycles. The van der Waals surface area contributed by atoms with Crippen LogP contribution in [0.25, 0.3) is 0 Å². The van der Waals surface area contributed by atoms with Crippen LogP contribution >= 0.6 is 11.6 Å². The largest absolute Gasteiger partial charge is 0.495 e. The van der Waals surface area contributed by atoms with Crippen LogP contribution in [0.5, 0.6) is 5.75 Å². The van der Waals surface area contributed by atoms with Crippen molar-refractivity contribution in [3.05, 3.63) is 58.4 Å². The van der Waals surface area contributed by atoms with E-state index in [-0.39, 0.29) is 5.78 Å². The Kier molecular flexibility index (Phi) is 3.63. The minimum Gasteiger partial charge on any atom is -0.495 e. The van der Waals surface area contributed by atoms with Crippen LogP contribution in [0.2, 0.25) is 5.02 Å². The number of hydrogen-bond donors (Lipinski definition) is 0. The first-order chi connectivity index (χ1) is 8.61. The van der Waals surface area contributed by atoms with Gasteiger partial charge in [0.05, 0.1) is 12.1 Å². The number of nitrogens with zero attached hydrogens (tertiary/aromatic N) is 1. The van der Waals surface area contributed by atoms with Crippen molar-refractivity contribution in [2.24, 2.45) is 0 Å². The van der Waals surface area contributed by atoms with E-state index in [9.17, 15) is 4.79 Å². The molecule has 0 atom stereocenters. The second-order valence-corrected chi connectivity index (χ2v) is 4.25. The molecule has 0 bridgehead atoms. The van der Waals surface area contributed by atoms with Crippen molar-refractivity contribution in [1.82, 2.24) is 4.98 Å². The lowest BCUT2D eigenvalue weighted by molar-refractivity contribution is 0.103. The number of carbonyl (C=O) groups excluding carboxylic acids is 1. The SMILES string of the molecule is COc1cc(C(=O)c2cccc(C)n2)ccc1Cl. The lowest BCUT2D eigenvalue weighted by Gasteiger charge is -2.06. The van der Waals surface area contributed by atoms with Gasteiger partial charge in [-0.2, -0.15) is 0 Å². The zero-order valence-corrected chi connectivity index (χ0v) is 10.9. The fourth-order valence-corrected chi connectivity index (χ4v) is 1.81. The first-order valence-corrected chi connectivity index (χ1v) is 5.81. The van der Waals surface area contributed by atoms with Gasteiger partial charge in [-0.1, -0.05) is 17.7 Å². The molecule has 0 unspecified atom stereocenters. The van der Waals surface area contributed by atoms with E-state index in [0.717, 1.165) is 5.69 Å². The minimum atomic E-state index is -0.145. The molecule has 0 aliphatic heterocycles. The Morgan fingerprint density at radius 1 is 1.28 bits per heavy atom. The van der Waals surface area contributed by atoms with E-state index >= 15 is 0 Å². The number of rotatable bonds is 3. The maximum absolute atomic E-state index is 12.2. The number of methoxy groups -OCH3 is 1. The number of ketones is 1. The molecule has 0 saturated heterocycles. The van der Waals surface area contributed by atoms with Gasteiger partial charge in [-0.3, -0.25) is 4.79 Å². The van der Waals surface area contributed by atoms with Crippen LogP contribution in [0.3, 0.4) is 0 Å². The van der Waals surface area contributed by atoms with Gasteiger partial charge >= 0.3 is 0 Å². The molecule has 2 aromatic rings. The molecule has 18 heavy (non-hydrogen) atoms. The summed E-state index contributed by atoms with van der Waals surface area (Å²) < 4.78 is 5.09. The molecule has 0 fully saturated rings. The van der Waals surface area contributed by atoms with Gasteiger partial charge in [0.25, 0.3) is 0 Å². The normalized spacial score (nSPS) is 10.2. The molecule has 0 spiro atoms. The Labute approximate surface area is 110 Å². The minimum absolute atomic E-state index is 0.145. The van der Waals surface area contributed by atoms with Gasteiger partial charge in [-0.05, 0) is 37.3 Å². The molecule has 1 aromatic heterocycles. The summed E-state index contributed by atoms with van der Waals surface area (Å²) in [6, 6.07) is 10.3. The summed E-state index contributed by atoms with van der Waals surface area (Å²) in [6.07, 6.45) is 0. The quantitative estimate of drug-likeness (QED) is 0.796. The highest BCUT2D eigenvalue weighted by molar-refractivity contribution is 6.32. The van der Waals surface area contributed by atoms with Gasteiger partial charge in [-0.15, -0.1) is 0 Å². The summed E-state index contributed by atoms with van der Waals surface area (Å²) in [6.45, 7) is 1.85. The van der Waals surface area contributed by atoms with Gasteiger partial charge in [0.2, 0.25) is 5.78 Å². The van der Waals surface area contributed by atoms with E-state index < -0.39 is 0 Å². The lowest BCUT2D eigenvalue weighted by Crippen LogP contribution is -2.05. The number of hydrogen-bond acceptors (Lipinski definition) is 3. The van der Waals surface area contributed by atoms with E-state index in [0.29, 0.717) is 22.0 Å². The summed E-state index contributed by atoms with van der Waals surface area (Å²) in [5.74, 6) is 0.337. The number of aromatic nitrogens is 1. The zero-order valence-electron chi connectivity index (χ0n) is 10.1. The molecule has 0 saturated carbocycles. The molecular formula is C14H12ClNO2. The van der Waals surface area contributed by atoms with Gasteiger partial charge in [0.1, 0.15) is 11.4 Å². The van der Waals surface area contributed by atoms with Crippen molar-refractivity contribution in [3.8, 4) is 5.75 Å². The Bertz CT molecular complexity index is 596. The molecule has 0 amide bonds. The second kappa shape index (κ2) is 5.19. The summed E-state index contributed by atoms with van der Waals surface area (Å²) in [4.78, 5) is 16.4. The summed E-state index contributed by atoms with van der Waals surface area (Å²) in [7, 11) is 1.51. The van der Waals surface area contributed by atoms with Crippen molar-refractivity contribution in [2.45, 2.75) is 6.92 Å². The molecule has 2 rings (SSSR count). The monoisotopic (exact) mass is 261 g/mol. The molecule has 3 nitrogen and oxygen atoms in total. The van der Waals surface area contributed by atoms with Crippen molar-refractivity contribution in [1.29, 1.82) is 0 Å². The van der Waals surface area contributed by atoms with E-state index in [1.165, 1.54) is 7.11 Å². The van der Waals surface area contributed by atoms with Crippen LogP contribution in [0, 0.1) is 6.92 Å². The maximum Gasteiger partial charge on any atom is 0.211 e. The van der Waals surface area contributed by atoms with Crippen molar-refractivity contribution < 1.29 is 9.53 Å². The highest BCUT2D eigenvalue weighted by Gasteiger charge is 2.12. The predicted octanol–water partition coefficient (Wildman–Crippen LogP) is 3.28. The van der Waals surface area contributed by atoms with Crippen LogP contribution in [0.4, 0.5) is 0 Å². The molecule has 1 aromatic carbocycles. The Morgan fingerprint density at radius 3 is 2.72 bits per heavy atom. The zero-order chi connectivity index (χ0) is 13.1. The van der Waals surface area contributed by atoms with Gasteiger partial charge in [-0.25, -0.2) is 4.98 Å². The Balaban J connectivity index is 2.40. The Hall–Kier alpha value is -1.87. The average molecular weight is 262 g/mol. The van der Waals surface area contributed by atoms with Crippen LogP contribution < -0.4 is 4.74 Å².